The van der Waals surface area contributed by atoms with Gasteiger partial charge in [-0.15, -0.1) is 0 Å². The highest BCUT2D eigenvalue weighted by Gasteiger charge is 2.39. The summed E-state index contributed by atoms with van der Waals surface area (Å²) in [4.78, 5) is 26.7. The van der Waals surface area contributed by atoms with Gasteiger partial charge in [-0.25, -0.2) is 4.79 Å². The van der Waals surface area contributed by atoms with Crippen LogP contribution in [0.4, 0.5) is 18.9 Å². The quantitative estimate of drug-likeness (QED) is 0.539. The highest BCUT2D eigenvalue weighted by atomic mass is 19.4. The number of esters is 1. The van der Waals surface area contributed by atoms with E-state index in [0.29, 0.717) is 11.3 Å². The fourth-order valence-corrected chi connectivity index (χ4v) is 3.25. The number of hydrogen-bond donors (Lipinski definition) is 0. The summed E-state index contributed by atoms with van der Waals surface area (Å²) in [6.45, 7) is 1.48. The Bertz CT molecular complexity index is 1070. The van der Waals surface area contributed by atoms with Gasteiger partial charge in [0.1, 0.15) is 5.75 Å². The minimum atomic E-state index is -4.57. The van der Waals surface area contributed by atoms with Crippen LogP contribution in [0.15, 0.2) is 65.4 Å². The van der Waals surface area contributed by atoms with Crippen LogP contribution in [0.25, 0.3) is 6.08 Å². The molecule has 0 unspecified atom stereocenters. The van der Waals surface area contributed by atoms with E-state index in [2.05, 4.69) is 0 Å². The third-order valence-electron chi connectivity index (χ3n) is 4.66. The zero-order valence-corrected chi connectivity index (χ0v) is 16.4. The maximum atomic E-state index is 13.2. The monoisotopic (exact) mass is 417 g/mol. The lowest BCUT2D eigenvalue weighted by Crippen LogP contribution is -2.25. The van der Waals surface area contributed by atoms with Crippen molar-refractivity contribution >= 4 is 23.6 Å². The van der Waals surface area contributed by atoms with E-state index in [-0.39, 0.29) is 22.5 Å². The Morgan fingerprint density at radius 3 is 2.40 bits per heavy atom. The van der Waals surface area contributed by atoms with Gasteiger partial charge < -0.3 is 9.47 Å². The number of alkyl halides is 3. The Balaban J connectivity index is 2.17. The number of carbonyl (C=O) groups is 2. The van der Waals surface area contributed by atoms with Crippen molar-refractivity contribution in [3.05, 3.63) is 76.5 Å². The predicted molar refractivity (Wildman–Crippen MR) is 105 cm³/mol. The molecule has 0 N–H and O–H groups in total. The fourth-order valence-electron chi connectivity index (χ4n) is 3.25. The lowest BCUT2D eigenvalue weighted by atomic mass is 10.0. The molecular weight excluding hydrogens is 399 g/mol. The number of rotatable bonds is 4. The number of para-hydroxylation sites is 1. The molecule has 1 amide bonds. The lowest BCUT2D eigenvalue weighted by Gasteiger charge is -2.19. The summed E-state index contributed by atoms with van der Waals surface area (Å²) in [6, 6.07) is 11.2. The zero-order valence-electron chi connectivity index (χ0n) is 16.4. The van der Waals surface area contributed by atoms with E-state index in [9.17, 15) is 22.8 Å². The molecule has 1 aliphatic heterocycles. The molecule has 3 rings (SSSR count). The second-order valence-electron chi connectivity index (χ2n) is 6.44. The lowest BCUT2D eigenvalue weighted by molar-refractivity contribution is -0.137. The summed E-state index contributed by atoms with van der Waals surface area (Å²) < 4.78 is 49.5. The van der Waals surface area contributed by atoms with Gasteiger partial charge in [-0.3, -0.25) is 9.69 Å². The second kappa shape index (κ2) is 8.06. The van der Waals surface area contributed by atoms with Crippen LogP contribution in [0.2, 0.25) is 0 Å². The number of carbonyl (C=O) groups excluding carboxylic acids is 2. The van der Waals surface area contributed by atoms with Crippen LogP contribution in [-0.2, 0) is 20.5 Å². The molecule has 0 aromatic heterocycles. The zero-order chi connectivity index (χ0) is 22.1. The normalized spacial score (nSPS) is 15.7. The van der Waals surface area contributed by atoms with E-state index in [1.807, 2.05) is 0 Å². The number of nitrogens with zero attached hydrogens (tertiary/aromatic N) is 1. The van der Waals surface area contributed by atoms with Crippen molar-refractivity contribution in [2.45, 2.75) is 13.1 Å². The van der Waals surface area contributed by atoms with E-state index >= 15 is 0 Å². The maximum Gasteiger partial charge on any atom is 0.416 e. The number of allylic oxidation sites excluding steroid dienone is 1. The Hall–Kier alpha value is -3.55. The van der Waals surface area contributed by atoms with Crippen LogP contribution in [0.5, 0.6) is 5.75 Å². The molecule has 0 atom stereocenters. The number of methoxy groups -OCH3 is 2. The largest absolute Gasteiger partial charge is 0.496 e. The minimum absolute atomic E-state index is 0.00117. The Labute approximate surface area is 171 Å². The van der Waals surface area contributed by atoms with Crippen molar-refractivity contribution in [1.29, 1.82) is 0 Å². The standard InChI is InChI=1S/C22H18F3NO4/c1-13-19(21(28)30-3)17(11-14-7-4-5-10-18(14)29-2)20(27)26(13)16-9-6-8-15(12-16)22(23,24)25/h4-12H,1-3H3/b17-11-. The molecular formula is C22H18F3NO4. The van der Waals surface area contributed by atoms with Gasteiger partial charge in [-0.2, -0.15) is 13.2 Å². The maximum absolute atomic E-state index is 13.2. The summed E-state index contributed by atoms with van der Waals surface area (Å²) in [7, 11) is 2.63. The fraction of sp³-hybridized carbons (Fsp3) is 0.182. The van der Waals surface area contributed by atoms with E-state index < -0.39 is 23.6 Å². The molecule has 0 fully saturated rings. The van der Waals surface area contributed by atoms with Crippen LogP contribution >= 0.6 is 0 Å². The number of ether oxygens (including phenoxy) is 2. The number of benzene rings is 2. The van der Waals surface area contributed by atoms with Crippen LogP contribution < -0.4 is 9.64 Å². The van der Waals surface area contributed by atoms with Crippen molar-refractivity contribution in [3.63, 3.8) is 0 Å². The van der Waals surface area contributed by atoms with Crippen molar-refractivity contribution in [3.8, 4) is 5.75 Å². The molecule has 0 bridgehead atoms. The molecule has 2 aromatic rings. The third kappa shape index (κ3) is 3.80. The van der Waals surface area contributed by atoms with Gasteiger partial charge in [0.15, 0.2) is 0 Å². The molecule has 0 saturated carbocycles. The van der Waals surface area contributed by atoms with Crippen LogP contribution in [-0.4, -0.2) is 26.1 Å². The molecule has 0 saturated heterocycles. The summed E-state index contributed by atoms with van der Waals surface area (Å²) >= 11 is 0. The summed E-state index contributed by atoms with van der Waals surface area (Å²) in [6.07, 6.45) is -3.11. The second-order valence-corrected chi connectivity index (χ2v) is 6.44. The number of hydrogen-bond acceptors (Lipinski definition) is 4. The molecule has 8 heteroatoms. The van der Waals surface area contributed by atoms with Gasteiger partial charge in [0, 0.05) is 16.9 Å². The van der Waals surface area contributed by atoms with Crippen molar-refractivity contribution in [2.75, 3.05) is 19.1 Å². The van der Waals surface area contributed by atoms with Gasteiger partial charge in [-0.1, -0.05) is 24.3 Å². The van der Waals surface area contributed by atoms with E-state index in [1.54, 1.807) is 24.3 Å². The molecule has 2 aromatic carbocycles. The Morgan fingerprint density at radius 2 is 1.77 bits per heavy atom. The molecule has 0 aliphatic carbocycles. The third-order valence-corrected chi connectivity index (χ3v) is 4.66. The van der Waals surface area contributed by atoms with Gasteiger partial charge >= 0.3 is 12.1 Å². The minimum Gasteiger partial charge on any atom is -0.496 e. The van der Waals surface area contributed by atoms with Gasteiger partial charge in [-0.05, 0) is 37.3 Å². The first-order chi connectivity index (χ1) is 14.2. The van der Waals surface area contributed by atoms with E-state index in [1.165, 1.54) is 39.4 Å². The topological polar surface area (TPSA) is 55.8 Å². The highest BCUT2D eigenvalue weighted by molar-refractivity contribution is 6.23. The molecule has 0 radical (unpaired) electrons. The Kier molecular flexibility index (Phi) is 5.69. The van der Waals surface area contributed by atoms with Gasteiger partial charge in [0.25, 0.3) is 5.91 Å². The molecule has 156 valence electrons. The van der Waals surface area contributed by atoms with Crippen molar-refractivity contribution in [2.24, 2.45) is 0 Å². The van der Waals surface area contributed by atoms with Crippen molar-refractivity contribution < 1.29 is 32.2 Å². The molecule has 5 nitrogen and oxygen atoms in total. The first-order valence-corrected chi connectivity index (χ1v) is 8.85. The average molecular weight is 417 g/mol. The van der Waals surface area contributed by atoms with E-state index in [4.69, 9.17) is 9.47 Å². The molecule has 30 heavy (non-hydrogen) atoms. The smallest absolute Gasteiger partial charge is 0.416 e. The highest BCUT2D eigenvalue weighted by Crippen LogP contribution is 2.38. The van der Waals surface area contributed by atoms with E-state index in [0.717, 1.165) is 17.0 Å². The van der Waals surface area contributed by atoms with Gasteiger partial charge in [0.2, 0.25) is 0 Å². The summed E-state index contributed by atoms with van der Waals surface area (Å²) in [5, 5.41) is 0. The predicted octanol–water partition coefficient (Wildman–Crippen LogP) is 4.59. The SMILES string of the molecule is COC(=O)C1=C(C)N(c2cccc(C(F)(F)F)c2)C(=O)/C1=C\c1ccccc1OC. The number of halogens is 3. The first kappa shape index (κ1) is 21.2. The Morgan fingerprint density at radius 1 is 1.07 bits per heavy atom. The van der Waals surface area contributed by atoms with Crippen molar-refractivity contribution in [1.82, 2.24) is 0 Å². The molecule has 0 spiro atoms. The van der Waals surface area contributed by atoms with Crippen LogP contribution in [0.1, 0.15) is 18.1 Å². The summed E-state index contributed by atoms with van der Waals surface area (Å²) in [5.74, 6) is -0.938. The van der Waals surface area contributed by atoms with Gasteiger partial charge in [0.05, 0.1) is 30.9 Å². The van der Waals surface area contributed by atoms with Crippen LogP contribution in [0.3, 0.4) is 0 Å². The molecule has 1 aliphatic rings. The first-order valence-electron chi connectivity index (χ1n) is 8.85. The average Bonchev–Trinajstić information content (AvgIpc) is 2.97. The number of anilines is 1. The molecule has 1 heterocycles. The summed E-state index contributed by atoms with van der Waals surface area (Å²) in [5.41, 5.74) is -0.220. The van der Waals surface area contributed by atoms with Crippen LogP contribution in [0, 0.1) is 0 Å². The number of amides is 1.